The average Bonchev–Trinajstić information content (AvgIpc) is 2.48. The second-order valence-electron chi connectivity index (χ2n) is 5.48. The Labute approximate surface area is 114 Å². The van der Waals surface area contributed by atoms with E-state index in [1.807, 2.05) is 4.90 Å². The molecule has 2 fully saturated rings. The van der Waals surface area contributed by atoms with Crippen LogP contribution >= 0.6 is 0 Å². The lowest BCUT2D eigenvalue weighted by Gasteiger charge is -2.34. The first-order valence-electron chi connectivity index (χ1n) is 7.28. The molecule has 1 amide bonds. The molecular weight excluding hydrogens is 244 g/mol. The summed E-state index contributed by atoms with van der Waals surface area (Å²) in [4.78, 5) is 26.1. The lowest BCUT2D eigenvalue weighted by Crippen LogP contribution is -2.55. The molecule has 2 aliphatic rings. The monoisotopic (exact) mass is 268 g/mol. The van der Waals surface area contributed by atoms with E-state index >= 15 is 0 Å². The van der Waals surface area contributed by atoms with Crippen molar-refractivity contribution in [2.24, 2.45) is 5.92 Å². The van der Waals surface area contributed by atoms with Crippen molar-refractivity contribution in [3.05, 3.63) is 0 Å². The molecule has 5 heteroatoms. The molecule has 1 aliphatic carbocycles. The Kier molecular flexibility index (Phi) is 5.34. The van der Waals surface area contributed by atoms with E-state index in [1.165, 1.54) is 19.3 Å². The molecule has 1 aliphatic heterocycles. The number of rotatable bonds is 4. The number of ether oxygens (including phenoxy) is 1. The lowest BCUT2D eigenvalue weighted by atomic mass is 9.86. The van der Waals surface area contributed by atoms with Crippen LogP contribution in [0, 0.1) is 5.92 Å². The molecule has 19 heavy (non-hydrogen) atoms. The number of hydrogen-bond acceptors (Lipinski definition) is 4. The quantitative estimate of drug-likeness (QED) is 0.810. The van der Waals surface area contributed by atoms with E-state index < -0.39 is 0 Å². The molecule has 1 heterocycles. The first-order valence-corrected chi connectivity index (χ1v) is 7.28. The van der Waals surface area contributed by atoms with E-state index in [-0.39, 0.29) is 17.9 Å². The number of nitrogens with zero attached hydrogens (tertiary/aromatic N) is 1. The van der Waals surface area contributed by atoms with Crippen molar-refractivity contribution < 1.29 is 14.3 Å². The zero-order chi connectivity index (χ0) is 13.7. The SMILES string of the molecule is CNC(=O)C1COCCN1CC(=O)C1CCCCC1. The van der Waals surface area contributed by atoms with Crippen molar-refractivity contribution >= 4 is 11.7 Å². The molecule has 1 saturated heterocycles. The predicted molar refractivity (Wildman–Crippen MR) is 71.8 cm³/mol. The molecule has 1 atom stereocenters. The van der Waals surface area contributed by atoms with Gasteiger partial charge in [0.25, 0.3) is 0 Å². The van der Waals surface area contributed by atoms with Gasteiger partial charge in [-0.3, -0.25) is 14.5 Å². The van der Waals surface area contributed by atoms with Gasteiger partial charge in [0.2, 0.25) is 5.91 Å². The second-order valence-corrected chi connectivity index (χ2v) is 5.48. The van der Waals surface area contributed by atoms with Crippen LogP contribution in [0.1, 0.15) is 32.1 Å². The Morgan fingerprint density at radius 1 is 1.26 bits per heavy atom. The minimum absolute atomic E-state index is 0.0591. The fourth-order valence-electron chi connectivity index (χ4n) is 2.99. The summed E-state index contributed by atoms with van der Waals surface area (Å²) in [7, 11) is 1.62. The van der Waals surface area contributed by atoms with Crippen molar-refractivity contribution in [1.29, 1.82) is 0 Å². The molecule has 5 nitrogen and oxygen atoms in total. The molecule has 1 saturated carbocycles. The van der Waals surface area contributed by atoms with Gasteiger partial charge in [-0.05, 0) is 12.8 Å². The molecule has 0 aromatic rings. The van der Waals surface area contributed by atoms with Crippen LogP contribution in [0.15, 0.2) is 0 Å². The van der Waals surface area contributed by atoms with E-state index in [1.54, 1.807) is 7.05 Å². The lowest BCUT2D eigenvalue weighted by molar-refractivity contribution is -0.135. The van der Waals surface area contributed by atoms with Gasteiger partial charge in [0.15, 0.2) is 0 Å². The summed E-state index contributed by atoms with van der Waals surface area (Å²) in [5.74, 6) is 0.452. The summed E-state index contributed by atoms with van der Waals surface area (Å²) in [5.41, 5.74) is 0. The minimum atomic E-state index is -0.314. The number of carbonyl (C=O) groups is 2. The third kappa shape index (κ3) is 3.76. The van der Waals surface area contributed by atoms with Crippen molar-refractivity contribution in [3.8, 4) is 0 Å². The maximum atomic E-state index is 12.3. The Hall–Kier alpha value is -0.940. The van der Waals surface area contributed by atoms with Crippen LogP contribution < -0.4 is 5.32 Å². The van der Waals surface area contributed by atoms with E-state index in [2.05, 4.69) is 5.32 Å². The van der Waals surface area contributed by atoms with Gasteiger partial charge in [0.1, 0.15) is 11.8 Å². The summed E-state index contributed by atoms with van der Waals surface area (Å²) < 4.78 is 5.35. The Morgan fingerprint density at radius 3 is 2.68 bits per heavy atom. The molecule has 108 valence electrons. The summed E-state index contributed by atoms with van der Waals surface area (Å²) in [6.07, 6.45) is 5.63. The van der Waals surface area contributed by atoms with Crippen LogP contribution in [0.3, 0.4) is 0 Å². The predicted octanol–water partition coefficient (Wildman–Crippen LogP) is 0.583. The zero-order valence-electron chi connectivity index (χ0n) is 11.7. The van der Waals surface area contributed by atoms with Gasteiger partial charge < -0.3 is 10.1 Å². The first-order chi connectivity index (χ1) is 9.22. The largest absolute Gasteiger partial charge is 0.378 e. The topological polar surface area (TPSA) is 58.6 Å². The van der Waals surface area contributed by atoms with Gasteiger partial charge in [0.05, 0.1) is 19.8 Å². The number of Topliss-reactive ketones (excluding diaryl/α,β-unsaturated/α-hetero) is 1. The average molecular weight is 268 g/mol. The van der Waals surface area contributed by atoms with Crippen LogP contribution in [0.5, 0.6) is 0 Å². The fraction of sp³-hybridized carbons (Fsp3) is 0.857. The summed E-state index contributed by atoms with van der Waals surface area (Å²) >= 11 is 0. The van der Waals surface area contributed by atoms with Gasteiger partial charge in [-0.2, -0.15) is 0 Å². The Balaban J connectivity index is 1.91. The molecular formula is C14H24N2O3. The molecule has 0 aromatic carbocycles. The van der Waals surface area contributed by atoms with Crippen molar-refractivity contribution in [2.45, 2.75) is 38.1 Å². The fourth-order valence-corrected chi connectivity index (χ4v) is 2.99. The molecule has 2 rings (SSSR count). The van der Waals surface area contributed by atoms with Gasteiger partial charge in [-0.15, -0.1) is 0 Å². The maximum absolute atomic E-state index is 12.3. The highest BCUT2D eigenvalue weighted by Gasteiger charge is 2.32. The minimum Gasteiger partial charge on any atom is -0.378 e. The highest BCUT2D eigenvalue weighted by Crippen LogP contribution is 2.25. The van der Waals surface area contributed by atoms with Gasteiger partial charge >= 0.3 is 0 Å². The van der Waals surface area contributed by atoms with Gasteiger partial charge in [-0.1, -0.05) is 19.3 Å². The molecule has 0 aromatic heterocycles. The number of hydrogen-bond donors (Lipinski definition) is 1. The molecule has 0 radical (unpaired) electrons. The van der Waals surface area contributed by atoms with Crippen LogP contribution in [-0.4, -0.2) is 56.0 Å². The highest BCUT2D eigenvalue weighted by atomic mass is 16.5. The second kappa shape index (κ2) is 7.01. The van der Waals surface area contributed by atoms with Crippen molar-refractivity contribution in [3.63, 3.8) is 0 Å². The maximum Gasteiger partial charge on any atom is 0.239 e. The van der Waals surface area contributed by atoms with Crippen LogP contribution in [0.25, 0.3) is 0 Å². The van der Waals surface area contributed by atoms with Gasteiger partial charge in [-0.25, -0.2) is 0 Å². The normalized spacial score (nSPS) is 26.1. The van der Waals surface area contributed by atoms with E-state index in [9.17, 15) is 9.59 Å². The summed E-state index contributed by atoms with van der Waals surface area (Å²) in [5, 5.41) is 2.65. The molecule has 1 N–H and O–H groups in total. The van der Waals surface area contributed by atoms with Crippen molar-refractivity contribution in [1.82, 2.24) is 10.2 Å². The molecule has 0 spiro atoms. The standard InChI is InChI=1S/C14H24N2O3/c1-15-14(18)12-10-19-8-7-16(12)9-13(17)11-5-3-2-4-6-11/h11-12H,2-10H2,1H3,(H,15,18). The van der Waals surface area contributed by atoms with Crippen LogP contribution in [0.2, 0.25) is 0 Å². The number of amides is 1. The van der Waals surface area contributed by atoms with Crippen LogP contribution in [0.4, 0.5) is 0 Å². The molecule has 0 bridgehead atoms. The Morgan fingerprint density at radius 2 is 2.00 bits per heavy atom. The van der Waals surface area contributed by atoms with E-state index in [0.29, 0.717) is 32.1 Å². The van der Waals surface area contributed by atoms with Crippen molar-refractivity contribution in [2.75, 3.05) is 33.4 Å². The first kappa shape index (κ1) is 14.5. The van der Waals surface area contributed by atoms with Crippen LogP contribution in [-0.2, 0) is 14.3 Å². The highest BCUT2D eigenvalue weighted by molar-refractivity contribution is 5.85. The van der Waals surface area contributed by atoms with E-state index in [0.717, 1.165) is 12.8 Å². The van der Waals surface area contributed by atoms with Gasteiger partial charge in [0, 0.05) is 19.5 Å². The third-order valence-corrected chi connectivity index (χ3v) is 4.21. The Bertz CT molecular complexity index is 327. The third-order valence-electron chi connectivity index (χ3n) is 4.21. The number of morpholine rings is 1. The summed E-state index contributed by atoms with van der Waals surface area (Å²) in [6.45, 7) is 2.05. The summed E-state index contributed by atoms with van der Waals surface area (Å²) in [6, 6.07) is -0.314. The van der Waals surface area contributed by atoms with E-state index in [4.69, 9.17) is 4.74 Å². The smallest absolute Gasteiger partial charge is 0.239 e. The molecule has 1 unspecified atom stereocenters. The number of carbonyl (C=O) groups excluding carboxylic acids is 2. The number of likely N-dealkylation sites (N-methyl/N-ethyl adjacent to an activating group) is 1. The number of ketones is 1. The zero-order valence-corrected chi connectivity index (χ0v) is 11.7. The number of nitrogens with one attached hydrogen (secondary N) is 1.